The van der Waals surface area contributed by atoms with Gasteiger partial charge in [-0.15, -0.1) is 11.8 Å². The number of nitro groups is 1. The van der Waals surface area contributed by atoms with E-state index in [1.807, 2.05) is 6.07 Å². The van der Waals surface area contributed by atoms with Gasteiger partial charge in [0.1, 0.15) is 12.7 Å². The molecule has 1 heterocycles. The summed E-state index contributed by atoms with van der Waals surface area (Å²) >= 11 is 7.50. The van der Waals surface area contributed by atoms with Gasteiger partial charge in [-0.25, -0.2) is 9.55 Å². The molecule has 0 fully saturated rings. The Hall–Kier alpha value is -1.73. The van der Waals surface area contributed by atoms with E-state index in [9.17, 15) is 10.1 Å². The van der Waals surface area contributed by atoms with E-state index in [0.29, 0.717) is 28.8 Å². The highest BCUT2D eigenvalue weighted by Gasteiger charge is 2.16. The molecule has 0 atom stereocenters. The Kier molecular flexibility index (Phi) is 4.51. The zero-order valence-corrected chi connectivity index (χ0v) is 12.3. The first kappa shape index (κ1) is 14.7. The third-order valence-electron chi connectivity index (χ3n) is 2.78. The number of benzene rings is 1. The van der Waals surface area contributed by atoms with Crippen molar-refractivity contribution in [2.75, 3.05) is 11.5 Å². The summed E-state index contributed by atoms with van der Waals surface area (Å²) in [4.78, 5) is 15.4. The van der Waals surface area contributed by atoms with Crippen molar-refractivity contribution < 1.29 is 4.92 Å². The van der Waals surface area contributed by atoms with E-state index in [1.165, 1.54) is 6.20 Å². The Balaban J connectivity index is 2.01. The Morgan fingerprint density at radius 1 is 1.55 bits per heavy atom. The number of anilines is 1. The molecule has 2 rings (SSSR count). The highest BCUT2D eigenvalue weighted by molar-refractivity contribution is 7.99. The fraction of sp³-hybridized carbons (Fsp3) is 0.250. The van der Waals surface area contributed by atoms with E-state index >= 15 is 0 Å². The summed E-state index contributed by atoms with van der Waals surface area (Å²) in [6.07, 6.45) is 1.28. The van der Waals surface area contributed by atoms with Gasteiger partial charge in [0, 0.05) is 17.6 Å². The normalized spacial score (nSPS) is 10.7. The minimum Gasteiger partial charge on any atom is -0.398 e. The summed E-state index contributed by atoms with van der Waals surface area (Å²) in [6.45, 7) is 2.26. The van der Waals surface area contributed by atoms with E-state index in [-0.39, 0.29) is 5.82 Å². The van der Waals surface area contributed by atoms with Gasteiger partial charge in [-0.3, -0.25) is 0 Å². The number of hydrogen-bond acceptors (Lipinski definition) is 5. The Bertz CT molecular complexity index is 644. The van der Waals surface area contributed by atoms with Gasteiger partial charge in [-0.1, -0.05) is 11.6 Å². The molecular weight excluding hydrogens is 300 g/mol. The highest BCUT2D eigenvalue weighted by Crippen LogP contribution is 2.27. The smallest absolute Gasteiger partial charge is 0.342 e. The Morgan fingerprint density at radius 3 is 2.95 bits per heavy atom. The number of hydrogen-bond donors (Lipinski definition) is 1. The van der Waals surface area contributed by atoms with Crippen LogP contribution in [-0.2, 0) is 6.54 Å². The average Bonchev–Trinajstić information content (AvgIpc) is 2.76. The fourth-order valence-electron chi connectivity index (χ4n) is 1.73. The molecule has 0 spiro atoms. The number of aryl methyl sites for hydroxylation is 1. The molecule has 0 aliphatic carbocycles. The molecule has 1 aromatic carbocycles. The third kappa shape index (κ3) is 3.23. The van der Waals surface area contributed by atoms with E-state index in [4.69, 9.17) is 17.3 Å². The predicted octanol–water partition coefficient (Wildman–Crippen LogP) is 3.13. The van der Waals surface area contributed by atoms with Crippen molar-refractivity contribution in [2.24, 2.45) is 0 Å². The summed E-state index contributed by atoms with van der Waals surface area (Å²) in [5.41, 5.74) is 6.18. The lowest BCUT2D eigenvalue weighted by Crippen LogP contribution is -2.06. The summed E-state index contributed by atoms with van der Waals surface area (Å²) < 4.78 is 1.59. The van der Waals surface area contributed by atoms with Gasteiger partial charge in [-0.05, 0) is 23.1 Å². The van der Waals surface area contributed by atoms with Crippen LogP contribution >= 0.6 is 23.4 Å². The second kappa shape index (κ2) is 6.15. The van der Waals surface area contributed by atoms with Gasteiger partial charge >= 0.3 is 5.82 Å². The van der Waals surface area contributed by atoms with Gasteiger partial charge in [-0.2, -0.15) is 0 Å². The number of aromatic nitrogens is 2. The average molecular weight is 313 g/mol. The van der Waals surface area contributed by atoms with E-state index in [2.05, 4.69) is 4.98 Å². The maximum Gasteiger partial charge on any atom is 0.342 e. The first-order chi connectivity index (χ1) is 9.49. The summed E-state index contributed by atoms with van der Waals surface area (Å²) in [7, 11) is 0. The third-order valence-corrected chi connectivity index (χ3v) is 4.08. The van der Waals surface area contributed by atoms with Gasteiger partial charge in [0.15, 0.2) is 5.82 Å². The van der Waals surface area contributed by atoms with Crippen molar-refractivity contribution in [2.45, 2.75) is 18.4 Å². The van der Waals surface area contributed by atoms with Gasteiger partial charge < -0.3 is 15.8 Å². The van der Waals surface area contributed by atoms with Crippen molar-refractivity contribution in [3.63, 3.8) is 0 Å². The van der Waals surface area contributed by atoms with Crippen molar-refractivity contribution in [1.29, 1.82) is 0 Å². The maximum absolute atomic E-state index is 10.9. The number of imidazole rings is 1. The monoisotopic (exact) mass is 312 g/mol. The van der Waals surface area contributed by atoms with Crippen LogP contribution in [0.25, 0.3) is 0 Å². The van der Waals surface area contributed by atoms with Gasteiger partial charge in [0.25, 0.3) is 0 Å². The molecule has 0 saturated heterocycles. The molecule has 0 aliphatic rings. The Morgan fingerprint density at radius 2 is 2.30 bits per heavy atom. The zero-order valence-electron chi connectivity index (χ0n) is 10.7. The van der Waals surface area contributed by atoms with Crippen LogP contribution in [0.15, 0.2) is 29.3 Å². The number of nitrogens with zero attached hydrogens (tertiary/aromatic N) is 3. The first-order valence-corrected chi connectivity index (χ1v) is 7.19. The molecule has 0 bridgehead atoms. The predicted molar refractivity (Wildman–Crippen MR) is 80.2 cm³/mol. The number of nitrogen functional groups attached to an aromatic ring is 1. The molecule has 20 heavy (non-hydrogen) atoms. The van der Waals surface area contributed by atoms with Crippen LogP contribution in [0.1, 0.15) is 5.82 Å². The quantitative estimate of drug-likeness (QED) is 0.396. The van der Waals surface area contributed by atoms with Crippen LogP contribution in [0.2, 0.25) is 5.02 Å². The largest absolute Gasteiger partial charge is 0.398 e. The van der Waals surface area contributed by atoms with E-state index in [0.717, 1.165) is 4.90 Å². The van der Waals surface area contributed by atoms with E-state index < -0.39 is 4.92 Å². The first-order valence-electron chi connectivity index (χ1n) is 5.83. The Labute approximate surface area is 125 Å². The van der Waals surface area contributed by atoms with Crippen LogP contribution in [-0.4, -0.2) is 20.2 Å². The molecule has 0 unspecified atom stereocenters. The molecule has 8 heteroatoms. The van der Waals surface area contributed by atoms with Gasteiger partial charge in [0.05, 0.1) is 10.7 Å². The zero-order chi connectivity index (χ0) is 14.7. The number of halogens is 1. The molecule has 0 aliphatic heterocycles. The van der Waals surface area contributed by atoms with Gasteiger partial charge in [0.2, 0.25) is 0 Å². The van der Waals surface area contributed by atoms with Crippen LogP contribution in [0.5, 0.6) is 0 Å². The van der Waals surface area contributed by atoms with Crippen LogP contribution < -0.4 is 5.73 Å². The molecular formula is C12H13ClN4O2S. The van der Waals surface area contributed by atoms with Crippen LogP contribution in [0.3, 0.4) is 0 Å². The SMILES string of the molecule is Cc1ncc([N+](=O)[O-])n1CCSc1ccc(N)c(Cl)c1. The lowest BCUT2D eigenvalue weighted by atomic mass is 10.3. The minimum absolute atomic E-state index is 0.0124. The van der Waals surface area contributed by atoms with Crippen molar-refractivity contribution in [3.8, 4) is 0 Å². The molecule has 0 saturated carbocycles. The number of nitrogens with two attached hydrogens (primary N) is 1. The molecule has 106 valence electrons. The lowest BCUT2D eigenvalue weighted by Gasteiger charge is -2.05. The molecule has 6 nitrogen and oxygen atoms in total. The second-order valence-electron chi connectivity index (χ2n) is 4.10. The number of thioether (sulfide) groups is 1. The van der Waals surface area contributed by atoms with E-state index in [1.54, 1.807) is 35.4 Å². The summed E-state index contributed by atoms with van der Waals surface area (Å²) in [5.74, 6) is 1.32. The molecule has 0 radical (unpaired) electrons. The molecule has 1 aromatic heterocycles. The molecule has 0 amide bonds. The van der Waals surface area contributed by atoms with Crippen molar-refractivity contribution in [1.82, 2.24) is 9.55 Å². The fourth-order valence-corrected chi connectivity index (χ4v) is 2.85. The summed E-state index contributed by atoms with van der Waals surface area (Å²) in [5, 5.41) is 11.4. The molecule has 2 aromatic rings. The van der Waals surface area contributed by atoms with Crippen molar-refractivity contribution >= 4 is 34.9 Å². The maximum atomic E-state index is 10.9. The molecule has 2 N–H and O–H groups in total. The number of rotatable bonds is 5. The van der Waals surface area contributed by atoms with Crippen LogP contribution in [0, 0.1) is 17.0 Å². The standard InChI is InChI=1S/C12H13ClN4O2S/c1-8-15-7-12(17(18)19)16(8)4-5-20-9-2-3-11(14)10(13)6-9/h2-3,6-7H,4-5,14H2,1H3. The topological polar surface area (TPSA) is 87.0 Å². The van der Waals surface area contributed by atoms with Crippen LogP contribution in [0.4, 0.5) is 11.5 Å². The second-order valence-corrected chi connectivity index (χ2v) is 5.68. The lowest BCUT2D eigenvalue weighted by molar-refractivity contribution is -0.392. The van der Waals surface area contributed by atoms with Crippen molar-refractivity contribution in [3.05, 3.63) is 45.4 Å². The highest BCUT2D eigenvalue weighted by atomic mass is 35.5. The minimum atomic E-state index is -0.426. The summed E-state index contributed by atoms with van der Waals surface area (Å²) in [6, 6.07) is 5.41.